The van der Waals surface area contributed by atoms with Crippen molar-refractivity contribution in [3.05, 3.63) is 23.2 Å². The minimum Gasteiger partial charge on any atom is -0.492 e. The van der Waals surface area contributed by atoms with Crippen LogP contribution in [0.25, 0.3) is 0 Å². The van der Waals surface area contributed by atoms with Crippen molar-refractivity contribution in [1.29, 1.82) is 0 Å². The second-order valence-corrected chi connectivity index (χ2v) is 5.58. The summed E-state index contributed by atoms with van der Waals surface area (Å²) in [6, 6.07) is 5.65. The predicted molar refractivity (Wildman–Crippen MR) is 76.6 cm³/mol. The van der Waals surface area contributed by atoms with Crippen LogP contribution < -0.4 is 10.1 Å². The molecule has 0 aromatic heterocycles. The van der Waals surface area contributed by atoms with Gasteiger partial charge in [0, 0.05) is 24.3 Å². The van der Waals surface area contributed by atoms with Gasteiger partial charge >= 0.3 is 0 Å². The number of benzene rings is 1. The van der Waals surface area contributed by atoms with Crippen molar-refractivity contribution in [3.63, 3.8) is 0 Å². The Kier molecular flexibility index (Phi) is 5.76. The fourth-order valence-corrected chi connectivity index (χ4v) is 1.57. The molecule has 0 unspecified atom stereocenters. The van der Waals surface area contributed by atoms with Gasteiger partial charge in [-0.15, -0.1) is 0 Å². The van der Waals surface area contributed by atoms with E-state index in [9.17, 15) is 5.11 Å². The normalized spacial score (nSPS) is 11.4. The molecule has 0 heterocycles. The molecule has 0 amide bonds. The molecule has 3 nitrogen and oxygen atoms in total. The molecule has 0 aliphatic rings. The fraction of sp³-hybridized carbons (Fsp3) is 0.571. The number of aliphatic hydroxyl groups excluding tert-OH is 1. The first-order valence-corrected chi connectivity index (χ1v) is 6.63. The van der Waals surface area contributed by atoms with Crippen LogP contribution in [0.4, 0.5) is 5.69 Å². The molecule has 0 saturated heterocycles. The molecule has 0 bridgehead atoms. The Morgan fingerprint density at radius 3 is 2.67 bits per heavy atom. The zero-order chi connectivity index (χ0) is 13.6. The van der Waals surface area contributed by atoms with Crippen molar-refractivity contribution < 1.29 is 9.84 Å². The van der Waals surface area contributed by atoms with Gasteiger partial charge in [0.25, 0.3) is 0 Å². The van der Waals surface area contributed by atoms with E-state index in [1.165, 1.54) is 0 Å². The van der Waals surface area contributed by atoms with E-state index in [0.717, 1.165) is 12.1 Å². The van der Waals surface area contributed by atoms with Gasteiger partial charge in [-0.3, -0.25) is 0 Å². The van der Waals surface area contributed by atoms with Crippen molar-refractivity contribution in [1.82, 2.24) is 0 Å². The molecule has 0 radical (unpaired) electrons. The maximum Gasteiger partial charge on any atom is 0.138 e. The van der Waals surface area contributed by atoms with Crippen LogP contribution >= 0.6 is 11.6 Å². The van der Waals surface area contributed by atoms with Gasteiger partial charge in [-0.1, -0.05) is 32.4 Å². The Balaban J connectivity index is 2.61. The summed E-state index contributed by atoms with van der Waals surface area (Å²) in [7, 11) is 0. The molecular weight excluding hydrogens is 250 g/mol. The van der Waals surface area contributed by atoms with Gasteiger partial charge in [-0.2, -0.15) is 0 Å². The highest BCUT2D eigenvalue weighted by atomic mass is 35.5. The van der Waals surface area contributed by atoms with Gasteiger partial charge in [0.15, 0.2) is 0 Å². The molecule has 1 aromatic rings. The van der Waals surface area contributed by atoms with Crippen LogP contribution in [0.3, 0.4) is 0 Å². The second-order valence-electron chi connectivity index (χ2n) is 5.17. The smallest absolute Gasteiger partial charge is 0.138 e. The number of hydrogen-bond acceptors (Lipinski definition) is 3. The van der Waals surface area contributed by atoms with E-state index in [1.54, 1.807) is 0 Å². The van der Waals surface area contributed by atoms with E-state index in [1.807, 2.05) is 32.0 Å². The Morgan fingerprint density at radius 1 is 1.39 bits per heavy atom. The molecule has 102 valence electrons. The van der Waals surface area contributed by atoms with Gasteiger partial charge in [-0.05, 0) is 24.6 Å². The van der Waals surface area contributed by atoms with Crippen molar-refractivity contribution in [2.75, 3.05) is 25.1 Å². The maximum absolute atomic E-state index is 9.18. The summed E-state index contributed by atoms with van der Waals surface area (Å²) in [5.41, 5.74) is 0.787. The lowest BCUT2D eigenvalue weighted by molar-refractivity contribution is 0.171. The molecule has 0 atom stereocenters. The highest BCUT2D eigenvalue weighted by molar-refractivity contribution is 6.32. The van der Waals surface area contributed by atoms with Crippen LogP contribution in [0.2, 0.25) is 5.02 Å². The monoisotopic (exact) mass is 271 g/mol. The number of nitrogens with one attached hydrogen (secondary N) is 1. The average molecular weight is 272 g/mol. The molecule has 1 rings (SSSR count). The van der Waals surface area contributed by atoms with Crippen LogP contribution in [0, 0.1) is 5.41 Å². The van der Waals surface area contributed by atoms with Crippen molar-refractivity contribution in [3.8, 4) is 5.75 Å². The topological polar surface area (TPSA) is 41.5 Å². The summed E-state index contributed by atoms with van der Waals surface area (Å²) in [6.07, 6.45) is 0.959. The van der Waals surface area contributed by atoms with Gasteiger partial charge < -0.3 is 15.2 Å². The molecule has 0 aliphatic heterocycles. The third-order valence-electron chi connectivity index (χ3n) is 2.59. The number of hydrogen-bond donors (Lipinski definition) is 2. The molecule has 2 N–H and O–H groups in total. The third kappa shape index (κ3) is 4.75. The van der Waals surface area contributed by atoms with Crippen molar-refractivity contribution >= 4 is 17.3 Å². The highest BCUT2D eigenvalue weighted by Crippen LogP contribution is 2.28. The molecule has 4 heteroatoms. The van der Waals surface area contributed by atoms with Crippen LogP contribution in [0.15, 0.2) is 18.2 Å². The summed E-state index contributed by atoms with van der Waals surface area (Å²) in [4.78, 5) is 0. The first kappa shape index (κ1) is 15.1. The van der Waals surface area contributed by atoms with Crippen molar-refractivity contribution in [2.24, 2.45) is 5.41 Å². The first-order chi connectivity index (χ1) is 8.48. The predicted octanol–water partition coefficient (Wildman–Crippen LogP) is 3.56. The minimum absolute atomic E-state index is 0.144. The molecule has 0 fully saturated rings. The molecule has 0 aliphatic carbocycles. The zero-order valence-corrected chi connectivity index (χ0v) is 12.0. The Labute approximate surface area is 114 Å². The highest BCUT2D eigenvalue weighted by Gasteiger charge is 2.16. The number of anilines is 1. The molecular formula is C14H22ClNO2. The molecule has 18 heavy (non-hydrogen) atoms. The first-order valence-electron chi connectivity index (χ1n) is 6.25. The SMILES string of the molecule is CCCOc1ccc(NCC(C)(C)CO)cc1Cl. The zero-order valence-electron chi connectivity index (χ0n) is 11.3. The molecule has 0 saturated carbocycles. The standard InChI is InChI=1S/C14H22ClNO2/c1-4-7-18-13-6-5-11(8-12(13)15)16-9-14(2,3)10-17/h5-6,8,16-17H,4,7,9-10H2,1-3H3. The lowest BCUT2D eigenvalue weighted by Crippen LogP contribution is -2.26. The Hall–Kier alpha value is -0.930. The average Bonchev–Trinajstić information content (AvgIpc) is 2.35. The van der Waals surface area contributed by atoms with E-state index in [4.69, 9.17) is 16.3 Å². The van der Waals surface area contributed by atoms with Gasteiger partial charge in [0.1, 0.15) is 5.75 Å². The summed E-state index contributed by atoms with van der Waals surface area (Å²) in [5, 5.41) is 13.0. The van der Waals surface area contributed by atoms with Gasteiger partial charge in [0.2, 0.25) is 0 Å². The molecule has 0 spiro atoms. The lowest BCUT2D eigenvalue weighted by atomic mass is 9.95. The van der Waals surface area contributed by atoms with Crippen LogP contribution in [-0.2, 0) is 0 Å². The number of rotatable bonds is 7. The Bertz CT molecular complexity index is 380. The third-order valence-corrected chi connectivity index (χ3v) is 2.89. The maximum atomic E-state index is 9.18. The number of ether oxygens (including phenoxy) is 1. The van der Waals surface area contributed by atoms with Gasteiger partial charge in [0.05, 0.1) is 11.6 Å². The van der Waals surface area contributed by atoms with E-state index in [0.29, 0.717) is 23.9 Å². The van der Waals surface area contributed by atoms with E-state index >= 15 is 0 Å². The summed E-state index contributed by atoms with van der Waals surface area (Å²) >= 11 is 6.13. The summed E-state index contributed by atoms with van der Waals surface area (Å²) in [6.45, 7) is 7.56. The fourth-order valence-electron chi connectivity index (χ4n) is 1.34. The Morgan fingerprint density at radius 2 is 2.11 bits per heavy atom. The lowest BCUT2D eigenvalue weighted by Gasteiger charge is -2.22. The van der Waals surface area contributed by atoms with E-state index in [-0.39, 0.29) is 12.0 Å². The summed E-state index contributed by atoms with van der Waals surface area (Å²) < 4.78 is 5.51. The summed E-state index contributed by atoms with van der Waals surface area (Å²) in [5.74, 6) is 0.713. The minimum atomic E-state index is -0.149. The van der Waals surface area contributed by atoms with Crippen LogP contribution in [0.1, 0.15) is 27.2 Å². The van der Waals surface area contributed by atoms with E-state index < -0.39 is 0 Å². The van der Waals surface area contributed by atoms with Crippen molar-refractivity contribution in [2.45, 2.75) is 27.2 Å². The second kappa shape index (κ2) is 6.86. The largest absolute Gasteiger partial charge is 0.492 e. The van der Waals surface area contributed by atoms with Crippen LogP contribution in [0.5, 0.6) is 5.75 Å². The van der Waals surface area contributed by atoms with E-state index in [2.05, 4.69) is 12.2 Å². The number of aliphatic hydroxyl groups is 1. The van der Waals surface area contributed by atoms with Gasteiger partial charge in [-0.25, -0.2) is 0 Å². The number of halogens is 1. The van der Waals surface area contributed by atoms with Crippen LogP contribution in [-0.4, -0.2) is 24.9 Å². The molecule has 1 aromatic carbocycles. The quantitative estimate of drug-likeness (QED) is 0.797.